The number of benzene rings is 2. The smallest absolute Gasteiger partial charge is 0.310 e. The van der Waals surface area contributed by atoms with E-state index < -0.39 is 0 Å². The number of carbonyl (C=O) groups is 1. The first-order valence-corrected chi connectivity index (χ1v) is 7.99. The maximum Gasteiger partial charge on any atom is 0.322 e. The number of aromatic nitrogens is 1. The number of anilines is 1. The number of nitrogens with one attached hydrogen (secondary N) is 2. The highest BCUT2D eigenvalue weighted by Gasteiger charge is 2.26. The SMILES string of the molecule is O=C(Nc1ccnc2ccccc12)N1CNC(c2ccccc2)C1. The van der Waals surface area contributed by atoms with Gasteiger partial charge in [-0.2, -0.15) is 0 Å². The third-order valence-corrected chi connectivity index (χ3v) is 4.31. The summed E-state index contributed by atoms with van der Waals surface area (Å²) in [4.78, 5) is 18.7. The van der Waals surface area contributed by atoms with Crippen LogP contribution in [0, 0.1) is 0 Å². The van der Waals surface area contributed by atoms with E-state index in [4.69, 9.17) is 0 Å². The lowest BCUT2D eigenvalue weighted by molar-refractivity contribution is 0.221. The first-order chi connectivity index (χ1) is 11.8. The van der Waals surface area contributed by atoms with E-state index in [0.29, 0.717) is 13.2 Å². The van der Waals surface area contributed by atoms with Gasteiger partial charge in [-0.05, 0) is 17.7 Å². The summed E-state index contributed by atoms with van der Waals surface area (Å²) in [6.07, 6.45) is 1.72. The van der Waals surface area contributed by atoms with E-state index in [1.54, 1.807) is 11.1 Å². The molecule has 1 saturated heterocycles. The average Bonchev–Trinajstić information content (AvgIpc) is 3.13. The summed E-state index contributed by atoms with van der Waals surface area (Å²) >= 11 is 0. The highest BCUT2D eigenvalue weighted by atomic mass is 16.2. The van der Waals surface area contributed by atoms with E-state index in [1.807, 2.05) is 48.5 Å². The van der Waals surface area contributed by atoms with Gasteiger partial charge in [0.2, 0.25) is 0 Å². The Balaban J connectivity index is 1.49. The molecule has 3 aromatic rings. The quantitative estimate of drug-likeness (QED) is 0.761. The van der Waals surface area contributed by atoms with Crippen molar-refractivity contribution in [1.82, 2.24) is 15.2 Å². The second kappa shape index (κ2) is 6.29. The Morgan fingerprint density at radius 1 is 1.08 bits per heavy atom. The molecule has 5 heteroatoms. The lowest BCUT2D eigenvalue weighted by Gasteiger charge is -2.17. The highest BCUT2D eigenvalue weighted by molar-refractivity contribution is 6.00. The van der Waals surface area contributed by atoms with Crippen LogP contribution in [0.1, 0.15) is 11.6 Å². The molecule has 0 radical (unpaired) electrons. The number of urea groups is 1. The van der Waals surface area contributed by atoms with E-state index in [9.17, 15) is 4.79 Å². The summed E-state index contributed by atoms with van der Waals surface area (Å²) in [6, 6.07) is 19.9. The molecule has 0 saturated carbocycles. The van der Waals surface area contributed by atoms with E-state index >= 15 is 0 Å². The van der Waals surface area contributed by atoms with Crippen LogP contribution < -0.4 is 10.6 Å². The number of amides is 2. The molecule has 1 aromatic heterocycles. The van der Waals surface area contributed by atoms with Crippen LogP contribution in [0.3, 0.4) is 0 Å². The number of para-hydroxylation sites is 1. The average molecular weight is 318 g/mol. The monoisotopic (exact) mass is 318 g/mol. The molecule has 0 bridgehead atoms. The molecule has 1 unspecified atom stereocenters. The number of fused-ring (bicyclic) bond motifs is 1. The Hall–Kier alpha value is -2.92. The minimum atomic E-state index is -0.0997. The summed E-state index contributed by atoms with van der Waals surface area (Å²) in [5.74, 6) is 0. The van der Waals surface area contributed by atoms with Crippen LogP contribution in [0.2, 0.25) is 0 Å². The van der Waals surface area contributed by atoms with Crippen molar-refractivity contribution in [2.75, 3.05) is 18.5 Å². The molecule has 1 aliphatic heterocycles. The Labute approximate surface area is 140 Å². The number of pyridine rings is 1. The van der Waals surface area contributed by atoms with Gasteiger partial charge >= 0.3 is 6.03 Å². The summed E-state index contributed by atoms with van der Waals surface area (Å²) in [7, 11) is 0. The highest BCUT2D eigenvalue weighted by Crippen LogP contribution is 2.23. The van der Waals surface area contributed by atoms with Crippen molar-refractivity contribution >= 4 is 22.6 Å². The van der Waals surface area contributed by atoms with E-state index in [-0.39, 0.29) is 12.1 Å². The van der Waals surface area contributed by atoms with Crippen molar-refractivity contribution in [2.45, 2.75) is 6.04 Å². The second-order valence-corrected chi connectivity index (χ2v) is 5.85. The molecule has 2 N–H and O–H groups in total. The lowest BCUT2D eigenvalue weighted by Crippen LogP contribution is -2.33. The molecule has 2 aromatic carbocycles. The van der Waals surface area contributed by atoms with Crippen molar-refractivity contribution in [3.05, 3.63) is 72.4 Å². The number of rotatable bonds is 2. The maximum atomic E-state index is 12.6. The summed E-state index contributed by atoms with van der Waals surface area (Å²) < 4.78 is 0. The van der Waals surface area contributed by atoms with Crippen molar-refractivity contribution in [3.8, 4) is 0 Å². The molecule has 1 aliphatic rings. The van der Waals surface area contributed by atoms with Crippen LogP contribution in [-0.2, 0) is 0 Å². The number of nitrogens with zero attached hydrogens (tertiary/aromatic N) is 2. The molecule has 1 atom stereocenters. The normalized spacial score (nSPS) is 17.2. The van der Waals surface area contributed by atoms with Gasteiger partial charge in [0.05, 0.1) is 23.9 Å². The third-order valence-electron chi connectivity index (χ3n) is 4.31. The van der Waals surface area contributed by atoms with Crippen LogP contribution in [0.4, 0.5) is 10.5 Å². The molecule has 5 nitrogen and oxygen atoms in total. The second-order valence-electron chi connectivity index (χ2n) is 5.85. The molecule has 4 rings (SSSR count). The van der Waals surface area contributed by atoms with Crippen molar-refractivity contribution in [2.24, 2.45) is 0 Å². The van der Waals surface area contributed by atoms with E-state index in [1.165, 1.54) is 5.56 Å². The summed E-state index contributed by atoms with van der Waals surface area (Å²) in [6.45, 7) is 1.19. The van der Waals surface area contributed by atoms with Crippen LogP contribution >= 0.6 is 0 Å². The predicted molar refractivity (Wildman–Crippen MR) is 94.7 cm³/mol. The van der Waals surface area contributed by atoms with Gasteiger partial charge in [-0.15, -0.1) is 0 Å². The van der Waals surface area contributed by atoms with Gasteiger partial charge in [-0.1, -0.05) is 48.5 Å². The maximum absolute atomic E-state index is 12.6. The van der Waals surface area contributed by atoms with Crippen LogP contribution in [-0.4, -0.2) is 29.1 Å². The molecular formula is C19H18N4O. The third kappa shape index (κ3) is 2.81. The molecule has 24 heavy (non-hydrogen) atoms. The van der Waals surface area contributed by atoms with Crippen LogP contribution in [0.25, 0.3) is 10.9 Å². The zero-order valence-electron chi connectivity index (χ0n) is 13.1. The molecule has 2 amide bonds. The fourth-order valence-electron chi connectivity index (χ4n) is 3.03. The van der Waals surface area contributed by atoms with Crippen molar-refractivity contribution in [1.29, 1.82) is 0 Å². The first kappa shape index (κ1) is 14.7. The Kier molecular flexibility index (Phi) is 3.84. The molecule has 0 aliphatic carbocycles. The van der Waals surface area contributed by atoms with Crippen LogP contribution in [0.15, 0.2) is 66.9 Å². The van der Waals surface area contributed by atoms with Gasteiger partial charge in [-0.25, -0.2) is 4.79 Å². The van der Waals surface area contributed by atoms with E-state index in [2.05, 4.69) is 27.8 Å². The molecule has 120 valence electrons. The summed E-state index contributed by atoms with van der Waals surface area (Å²) in [5, 5.41) is 7.33. The minimum Gasteiger partial charge on any atom is -0.310 e. The van der Waals surface area contributed by atoms with Crippen molar-refractivity contribution < 1.29 is 4.79 Å². The fourth-order valence-corrected chi connectivity index (χ4v) is 3.03. The standard InChI is InChI=1S/C19H18N4O/c24-19(22-17-10-11-20-16-9-5-4-8-15(16)17)23-12-18(21-13-23)14-6-2-1-3-7-14/h1-11,18,21H,12-13H2,(H,20,22,24). The van der Waals surface area contributed by atoms with Gasteiger partial charge in [0.25, 0.3) is 0 Å². The molecule has 2 heterocycles. The summed E-state index contributed by atoms with van der Waals surface area (Å²) in [5.41, 5.74) is 2.85. The molecular weight excluding hydrogens is 300 g/mol. The lowest BCUT2D eigenvalue weighted by atomic mass is 10.1. The zero-order valence-corrected chi connectivity index (χ0v) is 13.1. The number of carbonyl (C=O) groups excluding carboxylic acids is 1. The van der Waals surface area contributed by atoms with Gasteiger partial charge in [0.15, 0.2) is 0 Å². The number of hydrogen-bond acceptors (Lipinski definition) is 3. The van der Waals surface area contributed by atoms with Crippen LogP contribution in [0.5, 0.6) is 0 Å². The van der Waals surface area contributed by atoms with E-state index in [0.717, 1.165) is 16.6 Å². The first-order valence-electron chi connectivity index (χ1n) is 7.99. The Morgan fingerprint density at radius 3 is 2.75 bits per heavy atom. The molecule has 1 fully saturated rings. The van der Waals surface area contributed by atoms with Crippen molar-refractivity contribution in [3.63, 3.8) is 0 Å². The van der Waals surface area contributed by atoms with Gasteiger partial charge < -0.3 is 10.2 Å². The largest absolute Gasteiger partial charge is 0.322 e. The Bertz CT molecular complexity index is 860. The fraction of sp³-hybridized carbons (Fsp3) is 0.158. The van der Waals surface area contributed by atoms with Gasteiger partial charge in [-0.3, -0.25) is 10.3 Å². The van der Waals surface area contributed by atoms with Gasteiger partial charge in [0, 0.05) is 18.1 Å². The van der Waals surface area contributed by atoms with Gasteiger partial charge in [0.1, 0.15) is 0 Å². The molecule has 0 spiro atoms. The Morgan fingerprint density at radius 2 is 1.88 bits per heavy atom. The minimum absolute atomic E-state index is 0.0997. The topological polar surface area (TPSA) is 57.3 Å². The number of hydrogen-bond donors (Lipinski definition) is 2. The predicted octanol–water partition coefficient (Wildman–Crippen LogP) is 3.37. The zero-order chi connectivity index (χ0) is 16.4.